The van der Waals surface area contributed by atoms with E-state index in [0.717, 1.165) is 0 Å². The lowest BCUT2D eigenvalue weighted by atomic mass is 10.5. The first-order valence-corrected chi connectivity index (χ1v) is 5.28. The van der Waals surface area contributed by atoms with E-state index in [1.165, 1.54) is 6.07 Å². The summed E-state index contributed by atoms with van der Waals surface area (Å²) in [4.78, 5) is 26.6. The van der Waals surface area contributed by atoms with Gasteiger partial charge in [0, 0.05) is 0 Å². The Bertz CT molecular complexity index is 468. The molecule has 1 aromatic rings. The van der Waals surface area contributed by atoms with Gasteiger partial charge in [-0.3, -0.25) is 0 Å². The van der Waals surface area contributed by atoms with Gasteiger partial charge >= 0.3 is 5.97 Å². The Morgan fingerprint density at radius 3 is 2.47 bits per heavy atom. The maximum absolute atomic E-state index is 10.6. The third kappa shape index (κ3) is 7.47. The Labute approximate surface area is 120 Å². The van der Waals surface area contributed by atoms with E-state index in [2.05, 4.69) is 15.7 Å². The highest BCUT2D eigenvalue weighted by atomic mass is 35.5. The number of rotatable bonds is 3. The van der Waals surface area contributed by atoms with Crippen molar-refractivity contribution in [3.05, 3.63) is 31.4 Å². The number of hydrogen-bond donors (Lipinski definition) is 2. The molecule has 0 bridgehead atoms. The van der Waals surface area contributed by atoms with E-state index in [1.807, 2.05) is 0 Å². The van der Waals surface area contributed by atoms with Crippen molar-refractivity contribution in [2.75, 3.05) is 6.61 Å². The Morgan fingerprint density at radius 2 is 2.00 bits per heavy atom. The van der Waals surface area contributed by atoms with Gasteiger partial charge in [0.1, 0.15) is 5.02 Å². The highest BCUT2D eigenvalue weighted by Gasteiger charge is 2.11. The van der Waals surface area contributed by atoms with E-state index in [4.69, 9.17) is 54.9 Å². The molecule has 0 saturated heterocycles. The molecule has 1 rings (SSSR count). The topological polar surface area (TPSA) is 138 Å². The zero-order valence-corrected chi connectivity index (χ0v) is 11.1. The van der Waals surface area contributed by atoms with Gasteiger partial charge in [0.05, 0.1) is 5.02 Å². The molecule has 0 unspecified atom stereocenters. The predicted octanol–water partition coefficient (Wildman–Crippen LogP) is 1.49. The molecule has 0 aliphatic rings. The van der Waals surface area contributed by atoms with Gasteiger partial charge in [0.15, 0.2) is 11.8 Å². The Balaban J connectivity index is 0.000000711. The van der Waals surface area contributed by atoms with Gasteiger partial charge in [0.25, 0.3) is 5.09 Å². The number of carbonyl (C=O) groups is 1. The lowest BCUT2D eigenvalue weighted by Gasteiger charge is -2.06. The van der Waals surface area contributed by atoms with E-state index < -0.39 is 17.7 Å². The van der Waals surface area contributed by atoms with Crippen LogP contribution < -0.4 is 10.6 Å². The summed E-state index contributed by atoms with van der Waals surface area (Å²) in [7, 11) is 0. The summed E-state index contributed by atoms with van der Waals surface area (Å²) in [6.07, 6.45) is 0. The number of hydrogen-bond acceptors (Lipinski definition) is 7. The molecule has 19 heavy (non-hydrogen) atoms. The van der Waals surface area contributed by atoms with Gasteiger partial charge in [-0.05, 0) is 6.07 Å². The van der Waals surface area contributed by atoms with Crippen molar-refractivity contribution in [1.29, 1.82) is 0 Å². The lowest BCUT2D eigenvalue weighted by Crippen LogP contribution is -2.18. The molecule has 9 nitrogen and oxygen atoms in total. The lowest BCUT2D eigenvalue weighted by molar-refractivity contribution is -0.742. The molecule has 0 aliphatic heterocycles. The molecule has 0 aliphatic carbocycles. The molecule has 106 valence electrons. The molecule has 0 spiro atoms. The third-order valence-electron chi connectivity index (χ3n) is 1.31. The number of nitrogens with two attached hydrogens (primary N) is 1. The first-order chi connectivity index (χ1) is 8.77. The van der Waals surface area contributed by atoms with E-state index in [1.54, 1.807) is 0 Å². The molecule has 12 heteroatoms. The molecule has 1 aromatic heterocycles. The summed E-state index contributed by atoms with van der Waals surface area (Å²) in [5.74, 6) is 3.82. The average molecular weight is 334 g/mol. The first kappa shape index (κ1) is 17.4. The molecular formula is C7H6Cl3N3O6. The second kappa shape index (κ2) is 8.53. The van der Waals surface area contributed by atoms with E-state index in [-0.39, 0.29) is 21.1 Å². The van der Waals surface area contributed by atoms with Crippen LogP contribution in [0.5, 0.6) is 5.88 Å². The fraction of sp³-hybridized carbons (Fsp3) is 0.143. The number of halogens is 3. The minimum atomic E-state index is -1.50. The standard InChI is InChI=1S/C7H5Cl3N2O3.HNO3/c8-3-1-4(9)7(12-6(3)10)14-2-5(13)15-11;2-1(3)4/h1H,2,11H2;(H,2,3,4). The van der Waals surface area contributed by atoms with Crippen molar-refractivity contribution >= 4 is 40.8 Å². The van der Waals surface area contributed by atoms with Gasteiger partial charge in [0.2, 0.25) is 5.88 Å². The van der Waals surface area contributed by atoms with Crippen molar-refractivity contribution in [3.63, 3.8) is 0 Å². The number of ether oxygens (including phenoxy) is 1. The van der Waals surface area contributed by atoms with Gasteiger partial charge in [-0.2, -0.15) is 10.9 Å². The maximum Gasteiger partial charge on any atom is 0.362 e. The van der Waals surface area contributed by atoms with E-state index >= 15 is 0 Å². The van der Waals surface area contributed by atoms with Gasteiger partial charge < -0.3 is 14.8 Å². The van der Waals surface area contributed by atoms with Crippen molar-refractivity contribution in [3.8, 4) is 5.88 Å². The number of carbonyl (C=O) groups excluding carboxylic acids is 1. The summed E-state index contributed by atoms with van der Waals surface area (Å²) in [5, 5.41) is 14.0. The Kier molecular flexibility index (Phi) is 7.84. The van der Waals surface area contributed by atoms with Crippen LogP contribution >= 0.6 is 34.8 Å². The number of nitrogens with zero attached hydrogens (tertiary/aromatic N) is 2. The van der Waals surface area contributed by atoms with Crippen molar-refractivity contribution in [1.82, 2.24) is 4.98 Å². The number of pyridine rings is 1. The fourth-order valence-electron chi connectivity index (χ4n) is 0.691. The zero-order valence-electron chi connectivity index (χ0n) is 8.88. The second-order valence-electron chi connectivity index (χ2n) is 2.56. The van der Waals surface area contributed by atoms with Crippen LogP contribution in [-0.4, -0.2) is 27.9 Å². The second-order valence-corrected chi connectivity index (χ2v) is 3.74. The largest absolute Gasteiger partial charge is 0.464 e. The molecule has 0 fully saturated rings. The van der Waals surface area contributed by atoms with Crippen molar-refractivity contribution in [2.24, 2.45) is 5.90 Å². The van der Waals surface area contributed by atoms with Crippen LogP contribution in [-0.2, 0) is 9.63 Å². The molecular weight excluding hydrogens is 328 g/mol. The van der Waals surface area contributed by atoms with Crippen molar-refractivity contribution < 1.29 is 24.7 Å². The van der Waals surface area contributed by atoms with Gasteiger partial charge in [-0.1, -0.05) is 34.8 Å². The highest BCUT2D eigenvalue weighted by Crippen LogP contribution is 2.30. The van der Waals surface area contributed by atoms with Gasteiger partial charge in [-0.25, -0.2) is 4.79 Å². The molecule has 0 atom stereocenters. The normalized spacial score (nSPS) is 9.05. The SMILES string of the molecule is NOC(=O)COc1nc(Cl)c(Cl)cc1Cl.O=[N+]([O-])O. The summed E-state index contributed by atoms with van der Waals surface area (Å²) >= 11 is 17.0. The van der Waals surface area contributed by atoms with Crippen LogP contribution in [0.2, 0.25) is 15.2 Å². The summed E-state index contributed by atoms with van der Waals surface area (Å²) in [5.41, 5.74) is 0. The van der Waals surface area contributed by atoms with Crippen LogP contribution in [0.1, 0.15) is 0 Å². The molecule has 0 amide bonds. The highest BCUT2D eigenvalue weighted by molar-refractivity contribution is 6.42. The summed E-state index contributed by atoms with van der Waals surface area (Å²) < 4.78 is 4.88. The van der Waals surface area contributed by atoms with E-state index in [0.29, 0.717) is 0 Å². The smallest absolute Gasteiger partial charge is 0.362 e. The molecule has 3 N–H and O–H groups in total. The Morgan fingerprint density at radius 1 is 1.47 bits per heavy atom. The van der Waals surface area contributed by atoms with Crippen LogP contribution in [0.3, 0.4) is 0 Å². The Hall–Kier alpha value is -1.55. The summed E-state index contributed by atoms with van der Waals surface area (Å²) in [6.45, 7) is -0.415. The molecule has 1 heterocycles. The maximum atomic E-state index is 10.6. The van der Waals surface area contributed by atoms with Gasteiger partial charge in [-0.15, -0.1) is 10.1 Å². The molecule has 0 saturated carbocycles. The van der Waals surface area contributed by atoms with Crippen LogP contribution in [0.4, 0.5) is 0 Å². The van der Waals surface area contributed by atoms with Crippen LogP contribution in [0.15, 0.2) is 6.07 Å². The summed E-state index contributed by atoms with van der Waals surface area (Å²) in [6, 6.07) is 1.35. The minimum Gasteiger partial charge on any atom is -0.464 e. The predicted molar refractivity (Wildman–Crippen MR) is 63.8 cm³/mol. The number of aromatic nitrogens is 1. The minimum absolute atomic E-state index is 0.0172. The third-order valence-corrected chi connectivity index (χ3v) is 2.26. The van der Waals surface area contributed by atoms with Crippen molar-refractivity contribution in [2.45, 2.75) is 0 Å². The fourth-order valence-corrected chi connectivity index (χ4v) is 1.24. The van der Waals surface area contributed by atoms with E-state index in [9.17, 15) is 4.79 Å². The van der Waals surface area contributed by atoms with Crippen LogP contribution in [0, 0.1) is 10.1 Å². The molecule has 0 radical (unpaired) electrons. The average Bonchev–Trinajstić information content (AvgIpc) is 2.31. The zero-order chi connectivity index (χ0) is 15.0. The molecule has 0 aromatic carbocycles. The monoisotopic (exact) mass is 333 g/mol. The van der Waals surface area contributed by atoms with Crippen LogP contribution in [0.25, 0.3) is 0 Å². The first-order valence-electron chi connectivity index (χ1n) is 4.15. The quantitative estimate of drug-likeness (QED) is 0.481.